The molecule has 1 N–H and O–H groups in total. The van der Waals surface area contributed by atoms with Gasteiger partial charge in [-0.15, -0.1) is 6.58 Å². The maximum atomic E-state index is 12.0. The average molecular weight is 253 g/mol. The number of hydrogen-bond acceptors (Lipinski definition) is 3. The van der Waals surface area contributed by atoms with Crippen molar-refractivity contribution in [3.05, 3.63) is 33.6 Å². The Labute approximate surface area is 105 Å². The molecule has 0 radical (unpaired) electrons. The van der Waals surface area contributed by atoms with Crippen LogP contribution in [0.25, 0.3) is 0 Å². The van der Waals surface area contributed by atoms with Gasteiger partial charge in [0.1, 0.15) is 5.78 Å². The van der Waals surface area contributed by atoms with E-state index in [1.165, 1.54) is 7.05 Å². The quantitative estimate of drug-likeness (QED) is 0.747. The first-order chi connectivity index (χ1) is 8.29. The summed E-state index contributed by atoms with van der Waals surface area (Å²) in [6.45, 7) is 7.49. The number of aromatic amines is 1. The predicted octanol–water partition coefficient (Wildman–Crippen LogP) is 0.437. The lowest BCUT2D eigenvalue weighted by molar-refractivity contribution is -0.127. The highest BCUT2D eigenvalue weighted by Crippen LogP contribution is 2.23. The van der Waals surface area contributed by atoms with Gasteiger partial charge in [0.15, 0.2) is 0 Å². The lowest BCUT2D eigenvalue weighted by Crippen LogP contribution is -2.29. The monoisotopic (exact) mass is 253 g/mol. The van der Waals surface area contributed by atoms with Gasteiger partial charge in [0.2, 0.25) is 0 Å². The van der Waals surface area contributed by atoms with Gasteiger partial charge >= 0.3 is 11.4 Å². The van der Waals surface area contributed by atoms with E-state index in [4.69, 9.17) is 0 Å². The van der Waals surface area contributed by atoms with Gasteiger partial charge < -0.3 is 0 Å². The number of nitrogens with zero attached hydrogens (tertiary/aromatic N) is 2. The van der Waals surface area contributed by atoms with Gasteiger partial charge in [0, 0.05) is 18.9 Å². The molecular formula is C12H19N3O3. The van der Waals surface area contributed by atoms with Crippen LogP contribution in [-0.2, 0) is 18.4 Å². The van der Waals surface area contributed by atoms with Gasteiger partial charge in [-0.1, -0.05) is 19.9 Å². The standard InChI is InChI=1S/C12H19N3O3/c1-5-7-12(2,3)9(16)6-8-15-11(18)14(4)10(17)13-15/h5H,1,6-8H2,2-4H3,(H,13,17). The number of ketones is 1. The van der Waals surface area contributed by atoms with Crippen molar-refractivity contribution >= 4 is 5.78 Å². The molecule has 6 heteroatoms. The molecule has 100 valence electrons. The summed E-state index contributed by atoms with van der Waals surface area (Å²) < 4.78 is 2.13. The number of allylic oxidation sites excluding steroid dienone is 1. The summed E-state index contributed by atoms with van der Waals surface area (Å²) in [6.07, 6.45) is 2.50. The fourth-order valence-electron chi connectivity index (χ4n) is 1.68. The molecule has 0 saturated carbocycles. The molecule has 0 aromatic carbocycles. The molecule has 1 aromatic rings. The van der Waals surface area contributed by atoms with E-state index in [0.29, 0.717) is 6.42 Å². The normalized spacial score (nSPS) is 11.5. The van der Waals surface area contributed by atoms with E-state index < -0.39 is 16.8 Å². The van der Waals surface area contributed by atoms with E-state index in [1.54, 1.807) is 6.08 Å². The molecule has 0 unspecified atom stereocenters. The van der Waals surface area contributed by atoms with Crippen molar-refractivity contribution < 1.29 is 4.79 Å². The Morgan fingerprint density at radius 1 is 1.44 bits per heavy atom. The molecule has 6 nitrogen and oxygen atoms in total. The summed E-state index contributed by atoms with van der Waals surface area (Å²) in [5.74, 6) is 0.0407. The Hall–Kier alpha value is -1.85. The average Bonchev–Trinajstić information content (AvgIpc) is 2.53. The third-order valence-corrected chi connectivity index (χ3v) is 3.03. The summed E-state index contributed by atoms with van der Waals surface area (Å²) in [4.78, 5) is 34.7. The first kappa shape index (κ1) is 14.2. The van der Waals surface area contributed by atoms with Crippen LogP contribution in [0.4, 0.5) is 0 Å². The van der Waals surface area contributed by atoms with Crippen molar-refractivity contribution in [2.45, 2.75) is 33.2 Å². The minimum Gasteiger partial charge on any atom is -0.299 e. The van der Waals surface area contributed by atoms with Crippen LogP contribution in [0.5, 0.6) is 0 Å². The summed E-state index contributed by atoms with van der Waals surface area (Å²) in [6, 6.07) is 0. The third kappa shape index (κ3) is 2.88. The van der Waals surface area contributed by atoms with Gasteiger partial charge in [0.05, 0.1) is 6.54 Å². The van der Waals surface area contributed by atoms with E-state index in [0.717, 1.165) is 9.25 Å². The van der Waals surface area contributed by atoms with Crippen molar-refractivity contribution in [3.8, 4) is 0 Å². The van der Waals surface area contributed by atoms with Crippen LogP contribution in [-0.4, -0.2) is 20.1 Å². The van der Waals surface area contributed by atoms with Crippen LogP contribution in [0.15, 0.2) is 22.2 Å². The molecule has 0 fully saturated rings. The van der Waals surface area contributed by atoms with E-state index in [2.05, 4.69) is 11.7 Å². The number of carbonyl (C=O) groups excluding carboxylic acids is 1. The van der Waals surface area contributed by atoms with Gasteiger partial charge in [0.25, 0.3) is 0 Å². The van der Waals surface area contributed by atoms with E-state index in [1.807, 2.05) is 13.8 Å². The van der Waals surface area contributed by atoms with Crippen LogP contribution in [0.3, 0.4) is 0 Å². The summed E-state index contributed by atoms with van der Waals surface area (Å²) in [5.41, 5.74) is -1.40. The van der Waals surface area contributed by atoms with Crippen LogP contribution >= 0.6 is 0 Å². The Kier molecular flexibility index (Phi) is 4.11. The lowest BCUT2D eigenvalue weighted by Gasteiger charge is -2.20. The lowest BCUT2D eigenvalue weighted by atomic mass is 9.83. The Balaban J connectivity index is 2.74. The van der Waals surface area contributed by atoms with Gasteiger partial charge in [-0.2, -0.15) is 0 Å². The van der Waals surface area contributed by atoms with Crippen LogP contribution < -0.4 is 11.4 Å². The van der Waals surface area contributed by atoms with E-state index in [9.17, 15) is 14.4 Å². The fraction of sp³-hybridized carbons (Fsp3) is 0.583. The second-order valence-corrected chi connectivity index (χ2v) is 4.96. The largest absolute Gasteiger partial charge is 0.346 e. The highest BCUT2D eigenvalue weighted by molar-refractivity contribution is 5.84. The summed E-state index contributed by atoms with van der Waals surface area (Å²) in [5, 5.41) is 2.39. The topological polar surface area (TPSA) is 76.9 Å². The molecule has 0 aliphatic heterocycles. The third-order valence-electron chi connectivity index (χ3n) is 3.03. The summed E-state index contributed by atoms with van der Waals surface area (Å²) in [7, 11) is 1.39. The number of rotatable bonds is 6. The molecule has 0 atom stereocenters. The van der Waals surface area contributed by atoms with Crippen LogP contribution in [0.2, 0.25) is 0 Å². The van der Waals surface area contributed by atoms with Gasteiger partial charge in [-0.05, 0) is 6.42 Å². The Morgan fingerprint density at radius 2 is 2.06 bits per heavy atom. The summed E-state index contributed by atoms with van der Waals surface area (Å²) >= 11 is 0. The molecule has 1 rings (SSSR count). The molecule has 0 amide bonds. The fourth-order valence-corrected chi connectivity index (χ4v) is 1.68. The first-order valence-corrected chi connectivity index (χ1v) is 5.79. The maximum absolute atomic E-state index is 12.0. The smallest absolute Gasteiger partial charge is 0.299 e. The number of Topliss-reactive ketones (excluding diaryl/α,β-unsaturated/α-hetero) is 1. The number of carbonyl (C=O) groups is 1. The molecule has 1 heterocycles. The van der Waals surface area contributed by atoms with Gasteiger partial charge in [-0.25, -0.2) is 23.9 Å². The van der Waals surface area contributed by atoms with E-state index in [-0.39, 0.29) is 18.7 Å². The van der Waals surface area contributed by atoms with Crippen molar-refractivity contribution in [1.29, 1.82) is 0 Å². The molecule has 0 spiro atoms. The van der Waals surface area contributed by atoms with Crippen LogP contribution in [0.1, 0.15) is 26.7 Å². The highest BCUT2D eigenvalue weighted by Gasteiger charge is 2.25. The maximum Gasteiger partial charge on any atom is 0.346 e. The second-order valence-electron chi connectivity index (χ2n) is 4.96. The van der Waals surface area contributed by atoms with E-state index >= 15 is 0 Å². The second kappa shape index (κ2) is 5.20. The molecular weight excluding hydrogens is 234 g/mol. The van der Waals surface area contributed by atoms with Crippen molar-refractivity contribution in [1.82, 2.24) is 14.3 Å². The van der Waals surface area contributed by atoms with Crippen LogP contribution in [0, 0.1) is 5.41 Å². The molecule has 0 aliphatic carbocycles. The molecule has 1 aromatic heterocycles. The number of hydrogen-bond donors (Lipinski definition) is 1. The molecule has 0 bridgehead atoms. The number of aromatic nitrogens is 3. The number of aryl methyl sites for hydroxylation is 1. The minimum atomic E-state index is -0.486. The first-order valence-electron chi connectivity index (χ1n) is 5.79. The van der Waals surface area contributed by atoms with Gasteiger partial charge in [-0.3, -0.25) is 4.79 Å². The Morgan fingerprint density at radius 3 is 2.50 bits per heavy atom. The molecule has 0 aliphatic rings. The molecule has 0 saturated heterocycles. The predicted molar refractivity (Wildman–Crippen MR) is 68.5 cm³/mol. The van der Waals surface area contributed by atoms with Crippen molar-refractivity contribution in [2.24, 2.45) is 12.5 Å². The SMILES string of the molecule is C=CCC(C)(C)C(=O)CCn1[nH]c(=O)n(C)c1=O. The zero-order chi connectivity index (χ0) is 13.9. The minimum absolute atomic E-state index is 0.0407. The zero-order valence-corrected chi connectivity index (χ0v) is 11.0. The van der Waals surface area contributed by atoms with Crippen molar-refractivity contribution in [2.75, 3.05) is 0 Å². The highest BCUT2D eigenvalue weighted by atomic mass is 16.2. The number of nitrogens with one attached hydrogen (secondary N) is 1. The zero-order valence-electron chi connectivity index (χ0n) is 11.0. The number of H-pyrrole nitrogens is 1. The Bertz CT molecular complexity index is 560. The van der Waals surface area contributed by atoms with Crippen molar-refractivity contribution in [3.63, 3.8) is 0 Å². The molecule has 18 heavy (non-hydrogen) atoms.